The molecular formula is C12H17BrN2S. The molecule has 1 aliphatic rings. The van der Waals surface area contributed by atoms with Crippen molar-refractivity contribution in [2.45, 2.75) is 23.8 Å². The zero-order valence-corrected chi connectivity index (χ0v) is 11.9. The zero-order chi connectivity index (χ0) is 11.5. The molecule has 1 heterocycles. The third-order valence-electron chi connectivity index (χ3n) is 3.02. The van der Waals surface area contributed by atoms with Crippen molar-refractivity contribution in [2.75, 3.05) is 24.2 Å². The fourth-order valence-electron chi connectivity index (χ4n) is 2.07. The van der Waals surface area contributed by atoms with Crippen molar-refractivity contribution >= 4 is 33.4 Å². The molecule has 88 valence electrons. The lowest BCUT2D eigenvalue weighted by Gasteiger charge is -2.36. The molecular weight excluding hydrogens is 284 g/mol. The van der Waals surface area contributed by atoms with Gasteiger partial charge in [0, 0.05) is 28.2 Å². The minimum atomic E-state index is 0.611. The normalized spacial score (nSPS) is 19.7. The first kappa shape index (κ1) is 12.3. The molecule has 2 N–H and O–H groups in total. The Morgan fingerprint density at radius 3 is 3.12 bits per heavy atom. The summed E-state index contributed by atoms with van der Waals surface area (Å²) in [4.78, 5) is 3.77. The average Bonchev–Trinajstić information content (AvgIpc) is 2.28. The van der Waals surface area contributed by atoms with E-state index in [-0.39, 0.29) is 0 Å². The van der Waals surface area contributed by atoms with Crippen molar-refractivity contribution < 1.29 is 0 Å². The van der Waals surface area contributed by atoms with Crippen molar-refractivity contribution in [2.24, 2.45) is 5.73 Å². The molecule has 2 nitrogen and oxygen atoms in total. The quantitative estimate of drug-likeness (QED) is 0.930. The van der Waals surface area contributed by atoms with Crippen LogP contribution in [0.5, 0.6) is 0 Å². The number of hydrogen-bond donors (Lipinski definition) is 1. The highest BCUT2D eigenvalue weighted by molar-refractivity contribution is 9.10. The molecule has 1 atom stereocenters. The number of rotatable bonds is 3. The summed E-state index contributed by atoms with van der Waals surface area (Å²) in [5.41, 5.74) is 6.92. The van der Waals surface area contributed by atoms with Crippen LogP contribution in [-0.4, -0.2) is 25.4 Å². The van der Waals surface area contributed by atoms with Crippen molar-refractivity contribution in [1.82, 2.24) is 0 Å². The van der Waals surface area contributed by atoms with Crippen LogP contribution in [0, 0.1) is 0 Å². The van der Waals surface area contributed by atoms with E-state index in [1.54, 1.807) is 0 Å². The Bertz CT molecular complexity index is 370. The second-order valence-electron chi connectivity index (χ2n) is 4.09. The first-order valence-corrected chi connectivity index (χ1v) is 7.36. The van der Waals surface area contributed by atoms with Crippen LogP contribution in [0.25, 0.3) is 0 Å². The van der Waals surface area contributed by atoms with Gasteiger partial charge in [-0.25, -0.2) is 0 Å². The van der Waals surface area contributed by atoms with Gasteiger partial charge in [-0.05, 0) is 47.4 Å². The molecule has 0 fully saturated rings. The molecule has 0 bridgehead atoms. The van der Waals surface area contributed by atoms with Crippen LogP contribution in [0.3, 0.4) is 0 Å². The van der Waals surface area contributed by atoms with Gasteiger partial charge in [0.05, 0.1) is 5.69 Å². The van der Waals surface area contributed by atoms with Gasteiger partial charge >= 0.3 is 0 Å². The SMILES string of the molecule is CN1c2c(Br)cccc2SCC1CCCN. The maximum atomic E-state index is 5.58. The number of thioether (sulfide) groups is 1. The highest BCUT2D eigenvalue weighted by Gasteiger charge is 2.24. The van der Waals surface area contributed by atoms with Crippen LogP contribution < -0.4 is 10.6 Å². The standard InChI is InChI=1S/C12H17BrN2S/c1-15-9(4-3-7-14)8-16-11-6-2-5-10(13)12(11)15/h2,5-6,9H,3-4,7-8,14H2,1H3. The molecule has 16 heavy (non-hydrogen) atoms. The number of hydrogen-bond acceptors (Lipinski definition) is 3. The van der Waals surface area contributed by atoms with E-state index in [4.69, 9.17) is 5.73 Å². The molecule has 0 amide bonds. The minimum absolute atomic E-state index is 0.611. The highest BCUT2D eigenvalue weighted by Crippen LogP contribution is 2.41. The van der Waals surface area contributed by atoms with E-state index in [1.165, 1.54) is 27.2 Å². The van der Waals surface area contributed by atoms with Gasteiger partial charge in [-0.2, -0.15) is 0 Å². The van der Waals surface area contributed by atoms with E-state index in [9.17, 15) is 0 Å². The van der Waals surface area contributed by atoms with Gasteiger partial charge in [0.1, 0.15) is 0 Å². The second kappa shape index (κ2) is 5.43. The summed E-state index contributed by atoms with van der Waals surface area (Å²) < 4.78 is 1.19. The third-order valence-corrected chi connectivity index (χ3v) is 4.85. The van der Waals surface area contributed by atoms with Gasteiger partial charge in [0.25, 0.3) is 0 Å². The van der Waals surface area contributed by atoms with Crippen LogP contribution in [-0.2, 0) is 0 Å². The van der Waals surface area contributed by atoms with Crippen LogP contribution in [0.15, 0.2) is 27.6 Å². The topological polar surface area (TPSA) is 29.3 Å². The molecule has 1 aliphatic heterocycles. The minimum Gasteiger partial charge on any atom is -0.369 e. The van der Waals surface area contributed by atoms with Crippen LogP contribution in [0.4, 0.5) is 5.69 Å². The Kier molecular flexibility index (Phi) is 4.16. The largest absolute Gasteiger partial charge is 0.369 e. The average molecular weight is 301 g/mol. The molecule has 0 saturated heterocycles. The van der Waals surface area contributed by atoms with E-state index < -0.39 is 0 Å². The van der Waals surface area contributed by atoms with E-state index in [0.29, 0.717) is 6.04 Å². The van der Waals surface area contributed by atoms with E-state index in [1.807, 2.05) is 11.8 Å². The smallest absolute Gasteiger partial charge is 0.0648 e. The lowest BCUT2D eigenvalue weighted by Crippen LogP contribution is -2.37. The summed E-state index contributed by atoms with van der Waals surface area (Å²) in [6.07, 6.45) is 2.29. The van der Waals surface area contributed by atoms with Crippen molar-refractivity contribution in [3.05, 3.63) is 22.7 Å². The number of nitrogens with two attached hydrogens (primary N) is 1. The fraction of sp³-hybridized carbons (Fsp3) is 0.500. The number of fused-ring (bicyclic) bond motifs is 1. The predicted octanol–water partition coefficient (Wildman–Crippen LogP) is 3.10. The van der Waals surface area contributed by atoms with Crippen molar-refractivity contribution in [3.8, 4) is 0 Å². The number of benzene rings is 1. The summed E-state index contributed by atoms with van der Waals surface area (Å²) in [5.74, 6) is 1.17. The van der Waals surface area contributed by atoms with Crippen LogP contribution in [0.2, 0.25) is 0 Å². The Hall–Kier alpha value is -0.190. The molecule has 4 heteroatoms. The molecule has 1 aromatic rings. The Morgan fingerprint density at radius 2 is 2.38 bits per heavy atom. The number of halogens is 1. The fourth-order valence-corrected chi connectivity index (χ4v) is 4.17. The third kappa shape index (κ3) is 2.39. The van der Waals surface area contributed by atoms with Crippen molar-refractivity contribution in [3.63, 3.8) is 0 Å². The Morgan fingerprint density at radius 1 is 1.56 bits per heavy atom. The van der Waals surface area contributed by atoms with E-state index >= 15 is 0 Å². The summed E-state index contributed by atoms with van der Waals surface area (Å²) in [7, 11) is 2.19. The van der Waals surface area contributed by atoms with Gasteiger partial charge in [-0.3, -0.25) is 0 Å². The molecule has 0 aliphatic carbocycles. The number of anilines is 1. The highest BCUT2D eigenvalue weighted by atomic mass is 79.9. The van der Waals surface area contributed by atoms with Gasteiger partial charge < -0.3 is 10.6 Å². The molecule has 0 aromatic heterocycles. The number of nitrogens with zero attached hydrogens (tertiary/aromatic N) is 1. The van der Waals surface area contributed by atoms with Gasteiger partial charge in [-0.1, -0.05) is 6.07 Å². The molecule has 0 saturated carbocycles. The van der Waals surface area contributed by atoms with Gasteiger partial charge in [0.15, 0.2) is 0 Å². The Labute approximate surface area is 110 Å². The maximum absolute atomic E-state index is 5.58. The number of para-hydroxylation sites is 1. The maximum Gasteiger partial charge on any atom is 0.0648 e. The molecule has 1 unspecified atom stereocenters. The first-order chi connectivity index (χ1) is 7.74. The molecule has 2 rings (SSSR count). The molecule has 0 radical (unpaired) electrons. The second-order valence-corrected chi connectivity index (χ2v) is 6.01. The lowest BCUT2D eigenvalue weighted by molar-refractivity contribution is 0.598. The first-order valence-electron chi connectivity index (χ1n) is 5.58. The summed E-state index contributed by atoms with van der Waals surface area (Å²) in [5, 5.41) is 0. The van der Waals surface area contributed by atoms with E-state index in [0.717, 1.165) is 13.0 Å². The van der Waals surface area contributed by atoms with Crippen LogP contribution >= 0.6 is 27.7 Å². The zero-order valence-electron chi connectivity index (χ0n) is 9.45. The van der Waals surface area contributed by atoms with Gasteiger partial charge in [0.2, 0.25) is 0 Å². The summed E-state index contributed by atoms with van der Waals surface area (Å²) in [6, 6.07) is 7.02. The Balaban J connectivity index is 2.20. The van der Waals surface area contributed by atoms with Gasteiger partial charge in [-0.15, -0.1) is 11.8 Å². The van der Waals surface area contributed by atoms with Crippen molar-refractivity contribution in [1.29, 1.82) is 0 Å². The monoisotopic (exact) mass is 300 g/mol. The summed E-state index contributed by atoms with van der Waals surface area (Å²) in [6.45, 7) is 0.790. The van der Waals surface area contributed by atoms with Crippen LogP contribution in [0.1, 0.15) is 12.8 Å². The van der Waals surface area contributed by atoms with E-state index in [2.05, 4.69) is 46.1 Å². The molecule has 1 aromatic carbocycles. The molecule has 0 spiro atoms. The predicted molar refractivity (Wildman–Crippen MR) is 75.3 cm³/mol. The summed E-state index contributed by atoms with van der Waals surface area (Å²) >= 11 is 5.59. The lowest BCUT2D eigenvalue weighted by atomic mass is 10.1.